The molecule has 0 unspecified atom stereocenters. The fraction of sp³-hybridized carbons (Fsp3) is 0.0526. The minimum Gasteiger partial charge on any atom is -0.454 e. The Morgan fingerprint density at radius 1 is 0.897 bits per heavy atom. The summed E-state index contributed by atoms with van der Waals surface area (Å²) in [5.74, 6) is 1.64. The van der Waals surface area contributed by atoms with Crippen LogP contribution in [0.15, 0.2) is 64.2 Å². The number of sulfonamides is 1. The molecular formula is C19H14N4O4S2. The molecule has 0 fully saturated rings. The Morgan fingerprint density at radius 3 is 2.41 bits per heavy atom. The number of nitrogens with one attached hydrogen (secondary N) is 2. The van der Waals surface area contributed by atoms with E-state index in [9.17, 15) is 8.42 Å². The van der Waals surface area contributed by atoms with Gasteiger partial charge in [0.05, 0.1) is 11.0 Å². The molecule has 29 heavy (non-hydrogen) atoms. The van der Waals surface area contributed by atoms with E-state index in [1.807, 2.05) is 18.2 Å². The standard InChI is InChI=1S/C19H14N4O4S2/c24-29(25,17-6-3-9-28-17)23-19-18(21-13-4-1-2-5-14(13)22-19)20-12-7-8-15-16(10-12)27-11-26-15/h1-10H,11H2,(H,20,21)(H,22,23). The first kappa shape index (κ1) is 17.7. The van der Waals surface area contributed by atoms with Crippen LogP contribution in [0, 0.1) is 0 Å². The van der Waals surface area contributed by atoms with E-state index in [-0.39, 0.29) is 22.6 Å². The highest BCUT2D eigenvalue weighted by Gasteiger charge is 2.20. The molecule has 10 heteroatoms. The predicted molar refractivity (Wildman–Crippen MR) is 111 cm³/mol. The topological polar surface area (TPSA) is 102 Å². The number of hydrogen-bond acceptors (Lipinski definition) is 8. The highest BCUT2D eigenvalue weighted by Crippen LogP contribution is 2.36. The van der Waals surface area contributed by atoms with Gasteiger partial charge in [-0.25, -0.2) is 18.4 Å². The number of ether oxygens (including phenoxy) is 2. The van der Waals surface area contributed by atoms with E-state index < -0.39 is 10.0 Å². The lowest BCUT2D eigenvalue weighted by molar-refractivity contribution is 0.174. The molecular weight excluding hydrogens is 412 g/mol. The van der Waals surface area contributed by atoms with E-state index in [0.29, 0.717) is 28.2 Å². The zero-order valence-electron chi connectivity index (χ0n) is 14.8. The van der Waals surface area contributed by atoms with E-state index >= 15 is 0 Å². The maximum Gasteiger partial charge on any atom is 0.272 e. The molecule has 0 spiro atoms. The molecule has 0 bridgehead atoms. The molecule has 0 saturated carbocycles. The van der Waals surface area contributed by atoms with Crippen molar-refractivity contribution in [1.82, 2.24) is 9.97 Å². The van der Waals surface area contributed by atoms with Crippen molar-refractivity contribution in [3.8, 4) is 11.5 Å². The maximum atomic E-state index is 12.7. The number of anilines is 3. The maximum absolute atomic E-state index is 12.7. The third-order valence-electron chi connectivity index (χ3n) is 4.20. The lowest BCUT2D eigenvalue weighted by atomic mass is 10.2. The Hall–Kier alpha value is -3.37. The van der Waals surface area contributed by atoms with Crippen LogP contribution in [0.25, 0.3) is 11.0 Å². The number of nitrogens with zero attached hydrogens (tertiary/aromatic N) is 2. The van der Waals surface area contributed by atoms with Crippen LogP contribution in [0.4, 0.5) is 17.3 Å². The number of hydrogen-bond donors (Lipinski definition) is 2. The number of benzene rings is 2. The monoisotopic (exact) mass is 426 g/mol. The van der Waals surface area contributed by atoms with Crippen LogP contribution < -0.4 is 19.5 Å². The van der Waals surface area contributed by atoms with Crippen molar-refractivity contribution in [2.24, 2.45) is 0 Å². The fourth-order valence-corrected chi connectivity index (χ4v) is 4.87. The molecule has 146 valence electrons. The van der Waals surface area contributed by atoms with Crippen molar-refractivity contribution in [3.05, 3.63) is 60.0 Å². The predicted octanol–water partition coefficient (Wildman–Crippen LogP) is 3.96. The van der Waals surface area contributed by atoms with Gasteiger partial charge in [0.25, 0.3) is 10.0 Å². The first-order chi connectivity index (χ1) is 14.1. The van der Waals surface area contributed by atoms with Crippen LogP contribution in [-0.2, 0) is 10.0 Å². The third kappa shape index (κ3) is 3.43. The van der Waals surface area contributed by atoms with Gasteiger partial charge < -0.3 is 14.8 Å². The Kier molecular flexibility index (Phi) is 4.22. The summed E-state index contributed by atoms with van der Waals surface area (Å²) >= 11 is 1.13. The number of fused-ring (bicyclic) bond motifs is 2. The van der Waals surface area contributed by atoms with Crippen molar-refractivity contribution in [3.63, 3.8) is 0 Å². The van der Waals surface area contributed by atoms with Gasteiger partial charge in [0, 0.05) is 11.8 Å². The van der Waals surface area contributed by atoms with E-state index in [1.54, 1.807) is 35.7 Å². The van der Waals surface area contributed by atoms with Crippen LogP contribution in [-0.4, -0.2) is 25.2 Å². The molecule has 0 saturated heterocycles. The average Bonchev–Trinajstić information content (AvgIpc) is 3.40. The Bertz CT molecular complexity index is 1310. The summed E-state index contributed by atoms with van der Waals surface area (Å²) in [6, 6.07) is 15.8. The number of thiophene rings is 1. The van der Waals surface area contributed by atoms with Crippen LogP contribution in [0.1, 0.15) is 0 Å². The number of para-hydroxylation sites is 2. The van der Waals surface area contributed by atoms with Gasteiger partial charge in [0.15, 0.2) is 23.1 Å². The molecule has 8 nitrogen and oxygen atoms in total. The van der Waals surface area contributed by atoms with Gasteiger partial charge in [0.2, 0.25) is 6.79 Å². The minimum atomic E-state index is -3.78. The molecule has 0 atom stereocenters. The number of rotatable bonds is 5. The van der Waals surface area contributed by atoms with Crippen molar-refractivity contribution < 1.29 is 17.9 Å². The van der Waals surface area contributed by atoms with Crippen LogP contribution in [0.5, 0.6) is 11.5 Å². The number of aromatic nitrogens is 2. The van der Waals surface area contributed by atoms with Crippen LogP contribution >= 0.6 is 11.3 Å². The molecule has 0 amide bonds. The van der Waals surface area contributed by atoms with Gasteiger partial charge in [-0.3, -0.25) is 4.72 Å². The minimum absolute atomic E-state index is 0.106. The van der Waals surface area contributed by atoms with Crippen LogP contribution in [0.2, 0.25) is 0 Å². The zero-order chi connectivity index (χ0) is 19.8. The molecule has 2 aromatic carbocycles. The Labute approximate surface area is 170 Å². The second-order valence-electron chi connectivity index (χ2n) is 6.14. The van der Waals surface area contributed by atoms with E-state index in [4.69, 9.17) is 9.47 Å². The molecule has 2 aromatic heterocycles. The second kappa shape index (κ2) is 6.90. The van der Waals surface area contributed by atoms with Crippen molar-refractivity contribution in [1.29, 1.82) is 0 Å². The van der Waals surface area contributed by atoms with Gasteiger partial charge in [0.1, 0.15) is 4.21 Å². The first-order valence-corrected chi connectivity index (χ1v) is 10.9. The summed E-state index contributed by atoms with van der Waals surface area (Å²) in [7, 11) is -3.78. The average molecular weight is 426 g/mol. The van der Waals surface area contributed by atoms with Gasteiger partial charge >= 0.3 is 0 Å². The molecule has 1 aliphatic heterocycles. The van der Waals surface area contributed by atoms with Gasteiger partial charge in [-0.15, -0.1) is 11.3 Å². The fourth-order valence-electron chi connectivity index (χ4n) is 2.86. The van der Waals surface area contributed by atoms with Crippen molar-refractivity contribution in [2.45, 2.75) is 4.21 Å². The normalized spacial score (nSPS) is 12.8. The lowest BCUT2D eigenvalue weighted by Gasteiger charge is -2.13. The Morgan fingerprint density at radius 2 is 1.66 bits per heavy atom. The summed E-state index contributed by atoms with van der Waals surface area (Å²) in [6.45, 7) is 0.167. The van der Waals surface area contributed by atoms with Gasteiger partial charge in [-0.05, 0) is 35.7 Å². The summed E-state index contributed by atoms with van der Waals surface area (Å²) in [5.41, 5.74) is 1.87. The van der Waals surface area contributed by atoms with Crippen molar-refractivity contribution >= 4 is 49.7 Å². The first-order valence-electron chi connectivity index (χ1n) is 8.58. The molecule has 5 rings (SSSR count). The van der Waals surface area contributed by atoms with Crippen LogP contribution in [0.3, 0.4) is 0 Å². The summed E-state index contributed by atoms with van der Waals surface area (Å²) < 4.78 is 38.9. The van der Waals surface area contributed by atoms with Crippen molar-refractivity contribution in [2.75, 3.05) is 16.8 Å². The third-order valence-corrected chi connectivity index (χ3v) is 6.93. The smallest absolute Gasteiger partial charge is 0.272 e. The largest absolute Gasteiger partial charge is 0.454 e. The molecule has 1 aliphatic rings. The molecule has 2 N–H and O–H groups in total. The lowest BCUT2D eigenvalue weighted by Crippen LogP contribution is -2.15. The molecule has 4 aromatic rings. The van der Waals surface area contributed by atoms with E-state index in [1.165, 1.54) is 6.07 Å². The van der Waals surface area contributed by atoms with E-state index in [0.717, 1.165) is 11.3 Å². The molecule has 0 aliphatic carbocycles. The second-order valence-corrected chi connectivity index (χ2v) is 9.00. The highest BCUT2D eigenvalue weighted by molar-refractivity contribution is 7.94. The zero-order valence-corrected chi connectivity index (χ0v) is 16.5. The quantitative estimate of drug-likeness (QED) is 0.498. The summed E-state index contributed by atoms with van der Waals surface area (Å²) in [6.07, 6.45) is 0. The van der Waals surface area contributed by atoms with E-state index in [2.05, 4.69) is 20.0 Å². The summed E-state index contributed by atoms with van der Waals surface area (Å²) in [5, 5.41) is 4.83. The van der Waals surface area contributed by atoms with Gasteiger partial charge in [-0.2, -0.15) is 0 Å². The summed E-state index contributed by atoms with van der Waals surface area (Å²) in [4.78, 5) is 9.03. The highest BCUT2D eigenvalue weighted by atomic mass is 32.2. The Balaban J connectivity index is 1.57. The van der Waals surface area contributed by atoms with Gasteiger partial charge in [-0.1, -0.05) is 18.2 Å². The molecule has 0 radical (unpaired) electrons. The SMILES string of the molecule is O=S(=O)(Nc1nc2ccccc2nc1Nc1ccc2c(c1)OCO2)c1cccs1. The molecule has 3 heterocycles.